The van der Waals surface area contributed by atoms with Gasteiger partial charge < -0.3 is 10.1 Å². The van der Waals surface area contributed by atoms with Crippen molar-refractivity contribution < 1.29 is 9.53 Å². The quantitative estimate of drug-likeness (QED) is 0.553. The van der Waals surface area contributed by atoms with Crippen LogP contribution in [0.5, 0.6) is 0 Å². The molecular formula is C7H11NO2. The van der Waals surface area contributed by atoms with Gasteiger partial charge in [-0.25, -0.2) is 0 Å². The van der Waals surface area contributed by atoms with E-state index in [1.807, 2.05) is 0 Å². The molecule has 3 heteroatoms. The van der Waals surface area contributed by atoms with E-state index in [9.17, 15) is 4.79 Å². The minimum Gasteiger partial charge on any atom is -0.469 e. The Balaban J connectivity index is 2.44. The van der Waals surface area contributed by atoms with Crippen LogP contribution >= 0.6 is 0 Å². The van der Waals surface area contributed by atoms with E-state index in [-0.39, 0.29) is 11.9 Å². The fourth-order valence-electron chi connectivity index (χ4n) is 1.22. The smallest absolute Gasteiger partial charge is 0.309 e. The lowest BCUT2D eigenvalue weighted by atomic mass is 10.1. The third kappa shape index (κ3) is 1.35. The molecule has 1 N–H and O–H groups in total. The highest BCUT2D eigenvalue weighted by Crippen LogP contribution is 2.22. The number of ether oxygens (including phenoxy) is 1. The van der Waals surface area contributed by atoms with Crippen LogP contribution in [-0.2, 0) is 9.53 Å². The Labute approximate surface area is 59.9 Å². The first-order valence-electron chi connectivity index (χ1n) is 3.38. The van der Waals surface area contributed by atoms with Crippen molar-refractivity contribution in [2.24, 2.45) is 5.92 Å². The minimum atomic E-state index is -0.165. The van der Waals surface area contributed by atoms with Crippen molar-refractivity contribution in [3.05, 3.63) is 0 Å². The largest absolute Gasteiger partial charge is 0.469 e. The number of methoxy groups -OCH3 is 1. The molecule has 0 saturated heterocycles. The van der Waals surface area contributed by atoms with Crippen LogP contribution in [0.25, 0.3) is 0 Å². The predicted molar refractivity (Wildman–Crippen MR) is 37.1 cm³/mol. The van der Waals surface area contributed by atoms with Crippen LogP contribution < -0.4 is 0 Å². The molecule has 0 radical (unpaired) electrons. The number of carbonyl (C=O) groups excluding carboxylic acids is 1. The summed E-state index contributed by atoms with van der Waals surface area (Å²) >= 11 is 0. The third-order valence-corrected chi connectivity index (χ3v) is 1.82. The van der Waals surface area contributed by atoms with Crippen molar-refractivity contribution in [2.75, 3.05) is 7.11 Å². The molecule has 3 nitrogen and oxygen atoms in total. The monoisotopic (exact) mass is 141 g/mol. The second kappa shape index (κ2) is 2.82. The van der Waals surface area contributed by atoms with Crippen molar-refractivity contribution in [2.45, 2.75) is 19.3 Å². The molecule has 0 amide bonds. The number of hydrogen-bond donors (Lipinski definition) is 1. The number of esters is 1. The summed E-state index contributed by atoms with van der Waals surface area (Å²) in [5.74, 6) is -0.195. The predicted octanol–water partition coefficient (Wildman–Crippen LogP) is 0.979. The van der Waals surface area contributed by atoms with E-state index in [1.54, 1.807) is 0 Å². The molecule has 1 aliphatic rings. The Hall–Kier alpha value is -0.860. The Bertz CT molecular complexity index is 165. The topological polar surface area (TPSA) is 50.2 Å². The fraction of sp³-hybridized carbons (Fsp3) is 0.714. The van der Waals surface area contributed by atoms with Gasteiger partial charge in [0.2, 0.25) is 0 Å². The molecule has 0 bridgehead atoms. The molecule has 10 heavy (non-hydrogen) atoms. The molecule has 0 aromatic rings. The summed E-state index contributed by atoms with van der Waals surface area (Å²) in [4.78, 5) is 10.8. The molecule has 0 spiro atoms. The van der Waals surface area contributed by atoms with Crippen molar-refractivity contribution in [3.8, 4) is 0 Å². The lowest BCUT2D eigenvalue weighted by Crippen LogP contribution is -2.12. The molecular weight excluding hydrogens is 130 g/mol. The summed E-state index contributed by atoms with van der Waals surface area (Å²) in [6.45, 7) is 0. The maximum absolute atomic E-state index is 10.8. The van der Waals surface area contributed by atoms with Gasteiger partial charge in [-0.15, -0.1) is 0 Å². The molecule has 0 aromatic heterocycles. The first-order valence-corrected chi connectivity index (χ1v) is 3.38. The molecule has 1 fully saturated rings. The summed E-state index contributed by atoms with van der Waals surface area (Å²) in [5.41, 5.74) is 0.676. The Morgan fingerprint density at radius 2 is 2.50 bits per heavy atom. The van der Waals surface area contributed by atoms with Crippen molar-refractivity contribution in [1.82, 2.24) is 0 Å². The standard InChI is InChI=1S/C7H11NO2/c1-10-7(9)5-2-3-6(8)4-5/h5,8H,2-4H2,1H3/t5-/m0/s1. The van der Waals surface area contributed by atoms with E-state index in [0.29, 0.717) is 12.1 Å². The molecule has 1 atom stereocenters. The lowest BCUT2D eigenvalue weighted by molar-refractivity contribution is -0.145. The van der Waals surface area contributed by atoms with E-state index >= 15 is 0 Å². The molecule has 56 valence electrons. The average Bonchev–Trinajstić information content (AvgIpc) is 2.34. The Morgan fingerprint density at radius 1 is 1.80 bits per heavy atom. The minimum absolute atomic E-state index is 0.0301. The normalized spacial score (nSPS) is 24.9. The summed E-state index contributed by atoms with van der Waals surface area (Å²) in [5, 5.41) is 7.24. The van der Waals surface area contributed by atoms with Crippen LogP contribution in [0.4, 0.5) is 0 Å². The number of hydrogen-bond acceptors (Lipinski definition) is 3. The van der Waals surface area contributed by atoms with Crippen LogP contribution in [0.3, 0.4) is 0 Å². The van der Waals surface area contributed by atoms with Crippen molar-refractivity contribution in [3.63, 3.8) is 0 Å². The molecule has 0 aliphatic heterocycles. The summed E-state index contributed by atoms with van der Waals surface area (Å²) in [7, 11) is 1.39. The number of nitrogens with one attached hydrogen (secondary N) is 1. The van der Waals surface area contributed by atoms with Gasteiger partial charge in [0.25, 0.3) is 0 Å². The van der Waals surface area contributed by atoms with E-state index in [2.05, 4.69) is 4.74 Å². The highest BCUT2D eigenvalue weighted by Gasteiger charge is 2.26. The number of rotatable bonds is 1. The van der Waals surface area contributed by atoms with E-state index in [4.69, 9.17) is 5.41 Å². The molecule has 0 unspecified atom stereocenters. The zero-order valence-corrected chi connectivity index (χ0v) is 6.02. The van der Waals surface area contributed by atoms with Gasteiger partial charge in [0.15, 0.2) is 0 Å². The highest BCUT2D eigenvalue weighted by molar-refractivity contribution is 5.89. The molecule has 1 saturated carbocycles. The van der Waals surface area contributed by atoms with Gasteiger partial charge in [-0.05, 0) is 19.3 Å². The van der Waals surface area contributed by atoms with Gasteiger partial charge >= 0.3 is 5.97 Å². The van der Waals surface area contributed by atoms with Crippen molar-refractivity contribution >= 4 is 11.7 Å². The zero-order valence-electron chi connectivity index (χ0n) is 6.02. The van der Waals surface area contributed by atoms with Gasteiger partial charge in [0.05, 0.1) is 13.0 Å². The second-order valence-electron chi connectivity index (χ2n) is 2.57. The van der Waals surface area contributed by atoms with Gasteiger partial charge in [-0.1, -0.05) is 0 Å². The first-order chi connectivity index (χ1) is 4.74. The van der Waals surface area contributed by atoms with Crippen LogP contribution in [-0.4, -0.2) is 18.8 Å². The SMILES string of the molecule is COC(=O)[C@H]1CCC(=N)C1. The summed E-state index contributed by atoms with van der Waals surface area (Å²) in [6.07, 6.45) is 2.16. The average molecular weight is 141 g/mol. The van der Waals surface area contributed by atoms with E-state index in [1.165, 1.54) is 7.11 Å². The summed E-state index contributed by atoms with van der Waals surface area (Å²) in [6, 6.07) is 0. The van der Waals surface area contributed by atoms with Crippen LogP contribution in [0, 0.1) is 11.3 Å². The molecule has 1 rings (SSSR count). The Kier molecular flexibility index (Phi) is 2.04. The van der Waals surface area contributed by atoms with Gasteiger partial charge in [0, 0.05) is 5.71 Å². The molecule has 0 heterocycles. The van der Waals surface area contributed by atoms with Crippen LogP contribution in [0.2, 0.25) is 0 Å². The Morgan fingerprint density at radius 3 is 2.90 bits per heavy atom. The van der Waals surface area contributed by atoms with Crippen molar-refractivity contribution in [1.29, 1.82) is 5.41 Å². The van der Waals surface area contributed by atoms with Gasteiger partial charge in [-0.3, -0.25) is 4.79 Å². The maximum Gasteiger partial charge on any atom is 0.309 e. The zero-order chi connectivity index (χ0) is 7.56. The van der Waals surface area contributed by atoms with Gasteiger partial charge in [-0.2, -0.15) is 0 Å². The highest BCUT2D eigenvalue weighted by atomic mass is 16.5. The van der Waals surface area contributed by atoms with E-state index < -0.39 is 0 Å². The third-order valence-electron chi connectivity index (χ3n) is 1.82. The van der Waals surface area contributed by atoms with Gasteiger partial charge in [0.1, 0.15) is 0 Å². The van der Waals surface area contributed by atoms with Crippen LogP contribution in [0.15, 0.2) is 0 Å². The first kappa shape index (κ1) is 7.25. The second-order valence-corrected chi connectivity index (χ2v) is 2.57. The maximum atomic E-state index is 10.8. The summed E-state index contributed by atoms with van der Waals surface area (Å²) < 4.78 is 4.55. The van der Waals surface area contributed by atoms with Crippen LogP contribution in [0.1, 0.15) is 19.3 Å². The molecule has 0 aromatic carbocycles. The van der Waals surface area contributed by atoms with E-state index in [0.717, 1.165) is 12.8 Å². The molecule has 1 aliphatic carbocycles. The lowest BCUT2D eigenvalue weighted by Gasteiger charge is -2.03. The fourth-order valence-corrected chi connectivity index (χ4v) is 1.22. The number of carbonyl (C=O) groups is 1.